The van der Waals surface area contributed by atoms with E-state index < -0.39 is 4.92 Å². The molecule has 1 N–H and O–H groups in total. The molecule has 0 saturated heterocycles. The molecule has 0 atom stereocenters. The molecule has 0 amide bonds. The van der Waals surface area contributed by atoms with Gasteiger partial charge in [-0.15, -0.1) is 11.3 Å². The Kier molecular flexibility index (Phi) is 4.06. The van der Waals surface area contributed by atoms with Crippen LogP contribution in [-0.4, -0.2) is 21.4 Å². The molecule has 0 fully saturated rings. The molecule has 0 aliphatic rings. The van der Waals surface area contributed by atoms with E-state index in [2.05, 4.69) is 15.3 Å². The van der Waals surface area contributed by atoms with E-state index in [1.807, 2.05) is 12.3 Å². The Bertz CT molecular complexity index is 597. The van der Waals surface area contributed by atoms with E-state index in [1.54, 1.807) is 24.5 Å². The topological polar surface area (TPSA) is 81.0 Å². The van der Waals surface area contributed by atoms with Gasteiger partial charge in [0, 0.05) is 36.3 Å². The third-order valence-corrected chi connectivity index (χ3v) is 3.53. The highest BCUT2D eigenvalue weighted by Gasteiger charge is 2.14. The van der Waals surface area contributed by atoms with Gasteiger partial charge in [-0.1, -0.05) is 0 Å². The third-order valence-electron chi connectivity index (χ3n) is 2.50. The summed E-state index contributed by atoms with van der Waals surface area (Å²) >= 11 is 1.59. The van der Waals surface area contributed by atoms with Gasteiger partial charge < -0.3 is 5.32 Å². The molecule has 6 nitrogen and oxygen atoms in total. The number of nitrogens with zero attached hydrogens (tertiary/aromatic N) is 3. The third kappa shape index (κ3) is 3.47. The number of hydrogen-bond acceptors (Lipinski definition) is 6. The van der Waals surface area contributed by atoms with Crippen LogP contribution in [0.5, 0.6) is 0 Å². The maximum absolute atomic E-state index is 10.9. The molecule has 2 heterocycles. The summed E-state index contributed by atoms with van der Waals surface area (Å²) in [6.45, 7) is 4.30. The maximum Gasteiger partial charge on any atom is 0.311 e. The molecule has 19 heavy (non-hydrogen) atoms. The second-order valence-corrected chi connectivity index (χ2v) is 5.14. The second-order valence-electron chi connectivity index (χ2n) is 4.20. The summed E-state index contributed by atoms with van der Waals surface area (Å²) in [4.78, 5) is 18.9. The number of thiazole rings is 1. The first-order valence-corrected chi connectivity index (χ1v) is 6.70. The smallest absolute Gasteiger partial charge is 0.311 e. The van der Waals surface area contributed by atoms with E-state index in [9.17, 15) is 10.1 Å². The van der Waals surface area contributed by atoms with Crippen LogP contribution in [0.3, 0.4) is 0 Å². The lowest BCUT2D eigenvalue weighted by Crippen LogP contribution is -2.08. The Labute approximate surface area is 114 Å². The molecule has 0 saturated carbocycles. The molecule has 0 aliphatic heterocycles. The summed E-state index contributed by atoms with van der Waals surface area (Å²) in [7, 11) is 0. The number of aryl methyl sites for hydroxylation is 2. The zero-order chi connectivity index (χ0) is 13.8. The van der Waals surface area contributed by atoms with E-state index in [0.29, 0.717) is 12.4 Å². The molecule has 0 aliphatic carbocycles. The van der Waals surface area contributed by atoms with Crippen molar-refractivity contribution in [1.29, 1.82) is 0 Å². The molecule has 2 aromatic heterocycles. The van der Waals surface area contributed by atoms with Crippen LogP contribution in [0.25, 0.3) is 0 Å². The fourth-order valence-electron chi connectivity index (χ4n) is 1.63. The van der Waals surface area contributed by atoms with Gasteiger partial charge in [-0.05, 0) is 19.4 Å². The van der Waals surface area contributed by atoms with Crippen molar-refractivity contribution in [3.63, 3.8) is 0 Å². The fraction of sp³-hybridized carbons (Fsp3) is 0.333. The van der Waals surface area contributed by atoms with Gasteiger partial charge in [-0.3, -0.25) is 10.1 Å². The normalized spacial score (nSPS) is 10.4. The molecule has 7 heteroatoms. The Morgan fingerprint density at radius 2 is 2.26 bits per heavy atom. The fourth-order valence-corrected chi connectivity index (χ4v) is 2.41. The minimum absolute atomic E-state index is 0.00955. The summed E-state index contributed by atoms with van der Waals surface area (Å²) in [5, 5.41) is 16.9. The highest BCUT2D eigenvalue weighted by molar-refractivity contribution is 7.09. The number of rotatable bonds is 5. The summed E-state index contributed by atoms with van der Waals surface area (Å²) < 4.78 is 0. The predicted octanol–water partition coefficient (Wildman–Crippen LogP) is 2.72. The van der Waals surface area contributed by atoms with Gasteiger partial charge in [0.2, 0.25) is 5.82 Å². The minimum atomic E-state index is -0.421. The van der Waals surface area contributed by atoms with Crippen LogP contribution in [0.1, 0.15) is 16.3 Å². The highest BCUT2D eigenvalue weighted by atomic mass is 32.1. The van der Waals surface area contributed by atoms with Crippen LogP contribution in [0.2, 0.25) is 0 Å². The van der Waals surface area contributed by atoms with Crippen LogP contribution >= 0.6 is 11.3 Å². The molecular formula is C12H14N4O2S. The van der Waals surface area contributed by atoms with Gasteiger partial charge in [-0.2, -0.15) is 0 Å². The van der Waals surface area contributed by atoms with Crippen molar-refractivity contribution in [1.82, 2.24) is 9.97 Å². The average Bonchev–Trinajstić information content (AvgIpc) is 2.77. The number of aromatic nitrogens is 2. The summed E-state index contributed by atoms with van der Waals surface area (Å²) in [6.07, 6.45) is 2.34. The van der Waals surface area contributed by atoms with Crippen LogP contribution in [0.15, 0.2) is 17.6 Å². The minimum Gasteiger partial charge on any atom is -0.364 e. The second kappa shape index (κ2) is 5.75. The standard InChI is InChI=1S/C12H14N4O2S/c1-8-5-10(16(17)18)12(14-6-8)13-4-3-11-15-9(2)7-19-11/h5-7H,3-4H2,1-2H3,(H,13,14). The van der Waals surface area contributed by atoms with Crippen LogP contribution in [-0.2, 0) is 6.42 Å². The first kappa shape index (κ1) is 13.4. The van der Waals surface area contributed by atoms with Crippen molar-refractivity contribution in [2.75, 3.05) is 11.9 Å². The molecule has 2 rings (SSSR count). The Morgan fingerprint density at radius 3 is 2.89 bits per heavy atom. The van der Waals surface area contributed by atoms with Crippen molar-refractivity contribution in [2.24, 2.45) is 0 Å². The first-order chi connectivity index (χ1) is 9.06. The molecule has 0 spiro atoms. The van der Waals surface area contributed by atoms with Crippen molar-refractivity contribution < 1.29 is 4.92 Å². The zero-order valence-electron chi connectivity index (χ0n) is 10.7. The summed E-state index contributed by atoms with van der Waals surface area (Å²) in [5.74, 6) is 0.309. The summed E-state index contributed by atoms with van der Waals surface area (Å²) in [6, 6.07) is 1.52. The van der Waals surface area contributed by atoms with E-state index in [4.69, 9.17) is 0 Å². The van der Waals surface area contributed by atoms with Gasteiger partial charge in [0.05, 0.1) is 9.93 Å². The van der Waals surface area contributed by atoms with E-state index in [1.165, 1.54) is 6.07 Å². The molecule has 0 radical (unpaired) electrons. The number of anilines is 1. The van der Waals surface area contributed by atoms with Crippen molar-refractivity contribution >= 4 is 22.8 Å². The van der Waals surface area contributed by atoms with Gasteiger partial charge in [-0.25, -0.2) is 9.97 Å². The van der Waals surface area contributed by atoms with Crippen molar-refractivity contribution in [3.05, 3.63) is 44.0 Å². The Balaban J connectivity index is 2.01. The van der Waals surface area contributed by atoms with E-state index in [0.717, 1.165) is 22.7 Å². The van der Waals surface area contributed by atoms with Crippen LogP contribution in [0, 0.1) is 24.0 Å². The molecule has 0 unspecified atom stereocenters. The number of pyridine rings is 1. The quantitative estimate of drug-likeness (QED) is 0.671. The molecule has 2 aromatic rings. The number of nitro groups is 1. The highest BCUT2D eigenvalue weighted by Crippen LogP contribution is 2.22. The van der Waals surface area contributed by atoms with E-state index in [-0.39, 0.29) is 5.69 Å². The van der Waals surface area contributed by atoms with Gasteiger partial charge >= 0.3 is 5.69 Å². The maximum atomic E-state index is 10.9. The predicted molar refractivity (Wildman–Crippen MR) is 74.7 cm³/mol. The first-order valence-electron chi connectivity index (χ1n) is 5.82. The molecule has 0 aromatic carbocycles. The van der Waals surface area contributed by atoms with Crippen molar-refractivity contribution in [2.45, 2.75) is 20.3 Å². The van der Waals surface area contributed by atoms with Crippen molar-refractivity contribution in [3.8, 4) is 0 Å². The Morgan fingerprint density at radius 1 is 1.47 bits per heavy atom. The number of hydrogen-bond donors (Lipinski definition) is 1. The SMILES string of the molecule is Cc1cnc(NCCc2nc(C)cs2)c([N+](=O)[O-])c1. The molecule has 0 bridgehead atoms. The average molecular weight is 278 g/mol. The Hall–Kier alpha value is -2.02. The molecular weight excluding hydrogens is 264 g/mol. The van der Waals surface area contributed by atoms with Gasteiger partial charge in [0.15, 0.2) is 0 Å². The van der Waals surface area contributed by atoms with Gasteiger partial charge in [0.25, 0.3) is 0 Å². The zero-order valence-corrected chi connectivity index (χ0v) is 11.5. The molecule has 100 valence electrons. The lowest BCUT2D eigenvalue weighted by atomic mass is 10.3. The van der Waals surface area contributed by atoms with Crippen LogP contribution < -0.4 is 5.32 Å². The number of nitrogens with one attached hydrogen (secondary N) is 1. The largest absolute Gasteiger partial charge is 0.364 e. The van der Waals surface area contributed by atoms with Gasteiger partial charge in [0.1, 0.15) is 0 Å². The lowest BCUT2D eigenvalue weighted by Gasteiger charge is -2.05. The summed E-state index contributed by atoms with van der Waals surface area (Å²) in [5.41, 5.74) is 1.78. The van der Waals surface area contributed by atoms with E-state index >= 15 is 0 Å². The monoisotopic (exact) mass is 278 g/mol. The lowest BCUT2D eigenvalue weighted by molar-refractivity contribution is -0.384. The van der Waals surface area contributed by atoms with Crippen LogP contribution in [0.4, 0.5) is 11.5 Å².